The lowest BCUT2D eigenvalue weighted by molar-refractivity contribution is -0.123. The van der Waals surface area contributed by atoms with Gasteiger partial charge in [0.2, 0.25) is 0 Å². The molecule has 2 amide bonds. The summed E-state index contributed by atoms with van der Waals surface area (Å²) in [7, 11) is -3.07. The zero-order valence-corrected chi connectivity index (χ0v) is 13.1. The van der Waals surface area contributed by atoms with E-state index < -0.39 is 27.7 Å². The molecule has 0 radical (unpaired) electrons. The summed E-state index contributed by atoms with van der Waals surface area (Å²) in [6, 6.07) is 3.87. The molecular formula is C13H15ClN2O5S. The van der Waals surface area contributed by atoms with Gasteiger partial charge in [0, 0.05) is 11.1 Å². The molecule has 0 unspecified atom stereocenters. The molecule has 1 aromatic rings. The summed E-state index contributed by atoms with van der Waals surface area (Å²) >= 11 is 5.81. The highest BCUT2D eigenvalue weighted by Crippen LogP contribution is 2.23. The van der Waals surface area contributed by atoms with Crippen molar-refractivity contribution in [2.45, 2.75) is 12.5 Å². The Morgan fingerprint density at radius 1 is 1.41 bits per heavy atom. The molecule has 0 saturated carbocycles. The zero-order chi connectivity index (χ0) is 16.3. The molecule has 1 aliphatic rings. The molecule has 0 aliphatic carbocycles. The van der Waals surface area contributed by atoms with E-state index in [1.807, 2.05) is 0 Å². The molecule has 7 nitrogen and oxygen atoms in total. The van der Waals surface area contributed by atoms with Crippen LogP contribution in [0.1, 0.15) is 16.8 Å². The lowest BCUT2D eigenvalue weighted by Crippen LogP contribution is -2.38. The zero-order valence-electron chi connectivity index (χ0n) is 11.5. The normalized spacial score (nSPS) is 19.6. The maximum atomic E-state index is 11.8. The van der Waals surface area contributed by atoms with Gasteiger partial charge in [-0.2, -0.15) is 0 Å². The topological polar surface area (TPSA) is 116 Å². The predicted octanol–water partition coefficient (Wildman–Crippen LogP) is 0.121. The summed E-state index contributed by atoms with van der Waals surface area (Å²) in [6.07, 6.45) is 0.387. The highest BCUT2D eigenvalue weighted by Gasteiger charge is 2.28. The van der Waals surface area contributed by atoms with Gasteiger partial charge in [0.25, 0.3) is 11.8 Å². The summed E-state index contributed by atoms with van der Waals surface area (Å²) in [5.41, 5.74) is 5.32. The Labute approximate surface area is 132 Å². The summed E-state index contributed by atoms with van der Waals surface area (Å²) in [5, 5.41) is 2.91. The van der Waals surface area contributed by atoms with Gasteiger partial charge < -0.3 is 15.8 Å². The van der Waals surface area contributed by atoms with Crippen LogP contribution in [0, 0.1) is 0 Å². The molecule has 1 atom stereocenters. The van der Waals surface area contributed by atoms with Crippen molar-refractivity contribution in [1.82, 2.24) is 5.32 Å². The average Bonchev–Trinajstić information content (AvgIpc) is 2.75. The minimum atomic E-state index is -3.07. The second-order valence-electron chi connectivity index (χ2n) is 4.96. The molecule has 1 saturated heterocycles. The van der Waals surface area contributed by atoms with Crippen molar-refractivity contribution in [3.05, 3.63) is 28.8 Å². The van der Waals surface area contributed by atoms with Crippen LogP contribution in [0.25, 0.3) is 0 Å². The van der Waals surface area contributed by atoms with Crippen LogP contribution in [-0.2, 0) is 14.6 Å². The number of hydrogen-bond donors (Lipinski definition) is 2. The van der Waals surface area contributed by atoms with Gasteiger partial charge in [-0.05, 0) is 24.6 Å². The quantitative estimate of drug-likeness (QED) is 0.785. The fourth-order valence-electron chi connectivity index (χ4n) is 2.14. The smallest absolute Gasteiger partial charge is 0.258 e. The number of benzene rings is 1. The van der Waals surface area contributed by atoms with Crippen molar-refractivity contribution < 1.29 is 22.7 Å². The number of amides is 2. The summed E-state index contributed by atoms with van der Waals surface area (Å²) in [4.78, 5) is 23.0. The number of nitrogens with two attached hydrogens (primary N) is 1. The minimum Gasteiger partial charge on any atom is -0.483 e. The molecule has 0 spiro atoms. The van der Waals surface area contributed by atoms with Gasteiger partial charge in [-0.15, -0.1) is 0 Å². The predicted molar refractivity (Wildman–Crippen MR) is 80.7 cm³/mol. The molecule has 22 heavy (non-hydrogen) atoms. The maximum absolute atomic E-state index is 11.8. The van der Waals surface area contributed by atoms with E-state index in [9.17, 15) is 18.0 Å². The summed E-state index contributed by atoms with van der Waals surface area (Å²) < 4.78 is 27.9. The minimum absolute atomic E-state index is 0.0670. The Morgan fingerprint density at radius 3 is 2.73 bits per heavy atom. The average molecular weight is 347 g/mol. The van der Waals surface area contributed by atoms with E-state index in [1.54, 1.807) is 0 Å². The molecule has 120 valence electrons. The fraction of sp³-hybridized carbons (Fsp3) is 0.385. The number of rotatable bonds is 5. The molecule has 3 N–H and O–H groups in total. The van der Waals surface area contributed by atoms with Gasteiger partial charge in [-0.25, -0.2) is 8.42 Å². The SMILES string of the molecule is NC(=O)c1ccc(Cl)cc1OCC(=O)N[C@H]1CCS(=O)(=O)C1. The second-order valence-corrected chi connectivity index (χ2v) is 7.63. The number of carbonyl (C=O) groups is 2. The number of sulfone groups is 1. The van der Waals surface area contributed by atoms with Crippen LogP contribution in [0.3, 0.4) is 0 Å². The first-order valence-corrected chi connectivity index (χ1v) is 8.69. The van der Waals surface area contributed by atoms with Crippen LogP contribution in [0.2, 0.25) is 5.02 Å². The van der Waals surface area contributed by atoms with E-state index in [0.717, 1.165) is 0 Å². The number of carbonyl (C=O) groups excluding carboxylic acids is 2. The molecule has 0 aromatic heterocycles. The van der Waals surface area contributed by atoms with Gasteiger partial charge in [0.15, 0.2) is 16.4 Å². The molecule has 1 aromatic carbocycles. The molecule has 2 rings (SSSR count). The molecular weight excluding hydrogens is 332 g/mol. The Balaban J connectivity index is 1.94. The van der Waals surface area contributed by atoms with Crippen LogP contribution in [0.15, 0.2) is 18.2 Å². The Morgan fingerprint density at radius 2 is 2.14 bits per heavy atom. The van der Waals surface area contributed by atoms with E-state index in [1.165, 1.54) is 18.2 Å². The number of primary amides is 1. The highest BCUT2D eigenvalue weighted by atomic mass is 35.5. The first-order valence-electron chi connectivity index (χ1n) is 6.49. The Bertz CT molecular complexity index is 704. The van der Waals surface area contributed by atoms with Crippen molar-refractivity contribution >= 4 is 33.3 Å². The van der Waals surface area contributed by atoms with E-state index in [0.29, 0.717) is 11.4 Å². The Hall–Kier alpha value is -1.80. The van der Waals surface area contributed by atoms with Crippen LogP contribution in [-0.4, -0.2) is 44.4 Å². The van der Waals surface area contributed by atoms with Crippen molar-refractivity contribution in [1.29, 1.82) is 0 Å². The van der Waals surface area contributed by atoms with Crippen molar-refractivity contribution in [3.8, 4) is 5.75 Å². The van der Waals surface area contributed by atoms with Crippen LogP contribution in [0.4, 0.5) is 0 Å². The number of nitrogens with one attached hydrogen (secondary N) is 1. The lowest BCUT2D eigenvalue weighted by atomic mass is 10.2. The molecule has 9 heteroatoms. The maximum Gasteiger partial charge on any atom is 0.258 e. The van der Waals surface area contributed by atoms with Crippen LogP contribution >= 0.6 is 11.6 Å². The Kier molecular flexibility index (Phi) is 4.92. The molecule has 1 fully saturated rings. The third-order valence-electron chi connectivity index (χ3n) is 3.17. The van der Waals surface area contributed by atoms with Crippen molar-refractivity contribution in [2.75, 3.05) is 18.1 Å². The lowest BCUT2D eigenvalue weighted by Gasteiger charge is -2.13. The second kappa shape index (κ2) is 6.53. The molecule has 1 heterocycles. The van der Waals surface area contributed by atoms with Crippen molar-refractivity contribution in [2.24, 2.45) is 5.73 Å². The van der Waals surface area contributed by atoms with Crippen LogP contribution < -0.4 is 15.8 Å². The fourth-order valence-corrected chi connectivity index (χ4v) is 3.98. The van der Waals surface area contributed by atoms with E-state index in [4.69, 9.17) is 22.1 Å². The van der Waals surface area contributed by atoms with E-state index in [-0.39, 0.29) is 29.4 Å². The van der Waals surface area contributed by atoms with E-state index >= 15 is 0 Å². The van der Waals surface area contributed by atoms with Gasteiger partial charge in [0.05, 0.1) is 17.1 Å². The largest absolute Gasteiger partial charge is 0.483 e. The molecule has 1 aliphatic heterocycles. The summed E-state index contributed by atoms with van der Waals surface area (Å²) in [6.45, 7) is -0.364. The first kappa shape index (κ1) is 16.6. The van der Waals surface area contributed by atoms with E-state index in [2.05, 4.69) is 5.32 Å². The van der Waals surface area contributed by atoms with Gasteiger partial charge in [0.1, 0.15) is 5.75 Å². The third kappa shape index (κ3) is 4.35. The van der Waals surface area contributed by atoms with Gasteiger partial charge in [-0.1, -0.05) is 11.6 Å². The summed E-state index contributed by atoms with van der Waals surface area (Å²) in [5.74, 6) is -1.07. The van der Waals surface area contributed by atoms with Gasteiger partial charge in [-0.3, -0.25) is 9.59 Å². The monoisotopic (exact) mass is 346 g/mol. The third-order valence-corrected chi connectivity index (χ3v) is 5.17. The van der Waals surface area contributed by atoms with Crippen LogP contribution in [0.5, 0.6) is 5.75 Å². The number of hydrogen-bond acceptors (Lipinski definition) is 5. The first-order chi connectivity index (χ1) is 10.3. The number of halogens is 1. The molecule has 0 bridgehead atoms. The van der Waals surface area contributed by atoms with Crippen molar-refractivity contribution in [3.63, 3.8) is 0 Å². The number of ether oxygens (including phenoxy) is 1. The highest BCUT2D eigenvalue weighted by molar-refractivity contribution is 7.91. The standard InChI is InChI=1S/C13H15ClN2O5S/c14-8-1-2-10(13(15)18)11(5-8)21-6-12(17)16-9-3-4-22(19,20)7-9/h1-2,5,9H,3-4,6-7H2,(H2,15,18)(H,16,17)/t9-/m0/s1. The van der Waals surface area contributed by atoms with Gasteiger partial charge >= 0.3 is 0 Å².